The Kier molecular flexibility index (Phi) is 6.41. The monoisotopic (exact) mass is 213 g/mol. The standard InChI is InChI=1S/C9H13NOS.C2H6/c1-8-4-6-9(7-5-8)12(11)10(2)3;1-2/h4-7H,1-3H3;1-2H3. The van der Waals surface area contributed by atoms with Gasteiger partial charge < -0.3 is 0 Å². The third-order valence-electron chi connectivity index (χ3n) is 1.55. The second-order valence-electron chi connectivity index (χ2n) is 2.87. The summed E-state index contributed by atoms with van der Waals surface area (Å²) in [5, 5.41) is 0. The van der Waals surface area contributed by atoms with Crippen LogP contribution < -0.4 is 0 Å². The molecule has 80 valence electrons. The van der Waals surface area contributed by atoms with E-state index in [1.165, 1.54) is 5.56 Å². The van der Waals surface area contributed by atoms with Crippen molar-refractivity contribution in [3.05, 3.63) is 29.8 Å². The van der Waals surface area contributed by atoms with Crippen molar-refractivity contribution in [1.82, 2.24) is 4.31 Å². The first-order valence-electron chi connectivity index (χ1n) is 4.77. The molecule has 0 amide bonds. The Labute approximate surface area is 89.5 Å². The van der Waals surface area contributed by atoms with Crippen LogP contribution in [0.5, 0.6) is 0 Å². The molecular formula is C11H19NOS. The molecule has 1 atom stereocenters. The van der Waals surface area contributed by atoms with Crippen molar-refractivity contribution in [2.45, 2.75) is 25.7 Å². The van der Waals surface area contributed by atoms with Crippen LogP contribution in [0.3, 0.4) is 0 Å². The predicted molar refractivity (Wildman–Crippen MR) is 62.6 cm³/mol. The van der Waals surface area contributed by atoms with Crippen molar-refractivity contribution in [1.29, 1.82) is 0 Å². The van der Waals surface area contributed by atoms with E-state index < -0.39 is 11.0 Å². The first kappa shape index (κ1) is 13.3. The second-order valence-corrected chi connectivity index (χ2v) is 4.57. The average molecular weight is 213 g/mol. The summed E-state index contributed by atoms with van der Waals surface area (Å²) in [6.07, 6.45) is 0. The van der Waals surface area contributed by atoms with E-state index in [1.54, 1.807) is 18.4 Å². The van der Waals surface area contributed by atoms with Crippen LogP contribution in [0.2, 0.25) is 0 Å². The predicted octanol–water partition coefficient (Wildman–Crippen LogP) is 2.61. The summed E-state index contributed by atoms with van der Waals surface area (Å²) in [6.45, 7) is 6.02. The maximum absolute atomic E-state index is 11.5. The highest BCUT2D eigenvalue weighted by Crippen LogP contribution is 2.09. The van der Waals surface area contributed by atoms with Crippen LogP contribution in [0.25, 0.3) is 0 Å². The van der Waals surface area contributed by atoms with Gasteiger partial charge in [-0.2, -0.15) is 0 Å². The van der Waals surface area contributed by atoms with Crippen molar-refractivity contribution in [3.8, 4) is 0 Å². The summed E-state index contributed by atoms with van der Waals surface area (Å²) in [5.41, 5.74) is 1.19. The fourth-order valence-corrected chi connectivity index (χ4v) is 1.66. The number of aryl methyl sites for hydroxylation is 1. The van der Waals surface area contributed by atoms with E-state index in [4.69, 9.17) is 0 Å². The third-order valence-corrected chi connectivity index (χ3v) is 2.89. The molecule has 0 radical (unpaired) electrons. The van der Waals surface area contributed by atoms with Crippen molar-refractivity contribution >= 4 is 11.0 Å². The van der Waals surface area contributed by atoms with Gasteiger partial charge in [0.1, 0.15) is 11.0 Å². The molecule has 0 saturated heterocycles. The van der Waals surface area contributed by atoms with Gasteiger partial charge >= 0.3 is 0 Å². The number of hydrogen-bond donors (Lipinski definition) is 0. The molecule has 3 heteroatoms. The molecule has 0 bridgehead atoms. The molecular weight excluding hydrogens is 194 g/mol. The Balaban J connectivity index is 0.000000791. The zero-order valence-electron chi connectivity index (χ0n) is 9.57. The van der Waals surface area contributed by atoms with Crippen molar-refractivity contribution in [2.24, 2.45) is 0 Å². The van der Waals surface area contributed by atoms with Crippen LogP contribution >= 0.6 is 0 Å². The first-order valence-corrected chi connectivity index (χ1v) is 5.88. The quantitative estimate of drug-likeness (QED) is 0.739. The highest BCUT2D eigenvalue weighted by Gasteiger charge is 2.04. The van der Waals surface area contributed by atoms with Gasteiger partial charge in [0.15, 0.2) is 0 Å². The molecule has 2 nitrogen and oxygen atoms in total. The van der Waals surface area contributed by atoms with E-state index in [1.807, 2.05) is 45.0 Å². The third kappa shape index (κ3) is 4.03. The van der Waals surface area contributed by atoms with Gasteiger partial charge in [-0.25, -0.2) is 8.51 Å². The van der Waals surface area contributed by atoms with E-state index in [0.717, 1.165) is 4.90 Å². The van der Waals surface area contributed by atoms with E-state index in [0.29, 0.717) is 0 Å². The molecule has 0 aliphatic carbocycles. The van der Waals surface area contributed by atoms with Crippen molar-refractivity contribution in [2.75, 3.05) is 14.1 Å². The van der Waals surface area contributed by atoms with Crippen LogP contribution in [0.15, 0.2) is 29.2 Å². The lowest BCUT2D eigenvalue weighted by Gasteiger charge is -2.08. The largest absolute Gasteiger partial charge is 0.237 e. The maximum Gasteiger partial charge on any atom is 0.127 e. The van der Waals surface area contributed by atoms with Gasteiger partial charge in [0, 0.05) is 0 Å². The molecule has 1 aromatic rings. The molecule has 0 heterocycles. The van der Waals surface area contributed by atoms with Gasteiger partial charge in [-0.1, -0.05) is 31.5 Å². The molecule has 1 unspecified atom stereocenters. The fraction of sp³-hybridized carbons (Fsp3) is 0.455. The van der Waals surface area contributed by atoms with Crippen molar-refractivity contribution in [3.63, 3.8) is 0 Å². The van der Waals surface area contributed by atoms with E-state index in [-0.39, 0.29) is 0 Å². The van der Waals surface area contributed by atoms with E-state index in [2.05, 4.69) is 0 Å². The maximum atomic E-state index is 11.5. The zero-order chi connectivity index (χ0) is 11.1. The molecule has 0 N–H and O–H groups in total. The lowest BCUT2D eigenvalue weighted by atomic mass is 10.2. The van der Waals surface area contributed by atoms with Crippen LogP contribution in [0.4, 0.5) is 0 Å². The minimum Gasteiger partial charge on any atom is -0.237 e. The molecule has 14 heavy (non-hydrogen) atoms. The highest BCUT2D eigenvalue weighted by atomic mass is 32.2. The Morgan fingerprint density at radius 1 is 1.07 bits per heavy atom. The summed E-state index contributed by atoms with van der Waals surface area (Å²) in [4.78, 5) is 0.852. The van der Waals surface area contributed by atoms with Gasteiger partial charge in [-0.3, -0.25) is 0 Å². The summed E-state index contributed by atoms with van der Waals surface area (Å²) < 4.78 is 13.2. The summed E-state index contributed by atoms with van der Waals surface area (Å²) >= 11 is 0. The zero-order valence-corrected chi connectivity index (χ0v) is 10.4. The minimum atomic E-state index is -1.01. The van der Waals surface area contributed by atoms with Gasteiger partial charge in [0.2, 0.25) is 0 Å². The molecule has 0 aliphatic rings. The summed E-state index contributed by atoms with van der Waals surface area (Å²) in [7, 11) is 2.59. The molecule has 0 spiro atoms. The van der Waals surface area contributed by atoms with Crippen LogP contribution in [-0.4, -0.2) is 22.6 Å². The van der Waals surface area contributed by atoms with Gasteiger partial charge in [0.25, 0.3) is 0 Å². The molecule has 1 rings (SSSR count). The minimum absolute atomic E-state index is 0.852. The number of rotatable bonds is 2. The Morgan fingerprint density at radius 3 is 1.86 bits per heavy atom. The van der Waals surface area contributed by atoms with Crippen LogP contribution in [-0.2, 0) is 11.0 Å². The van der Waals surface area contributed by atoms with Gasteiger partial charge in [0.05, 0.1) is 4.90 Å². The Bertz CT molecular complexity index is 280. The number of hydrogen-bond acceptors (Lipinski definition) is 1. The second kappa shape index (κ2) is 6.74. The SMILES string of the molecule is CC.Cc1ccc(S(=O)N(C)C)cc1. The van der Waals surface area contributed by atoms with E-state index in [9.17, 15) is 4.21 Å². The lowest BCUT2D eigenvalue weighted by molar-refractivity contribution is 0.603. The topological polar surface area (TPSA) is 20.3 Å². The summed E-state index contributed by atoms with van der Waals surface area (Å²) in [6, 6.07) is 7.73. The van der Waals surface area contributed by atoms with Crippen LogP contribution in [0.1, 0.15) is 19.4 Å². The van der Waals surface area contributed by atoms with Gasteiger partial charge in [-0.05, 0) is 33.2 Å². The van der Waals surface area contributed by atoms with E-state index >= 15 is 0 Å². The molecule has 0 saturated carbocycles. The number of benzene rings is 1. The molecule has 0 aliphatic heterocycles. The first-order chi connectivity index (χ1) is 6.61. The van der Waals surface area contributed by atoms with Gasteiger partial charge in [-0.15, -0.1) is 0 Å². The average Bonchev–Trinajstić information content (AvgIpc) is 2.21. The smallest absolute Gasteiger partial charge is 0.127 e. The Hall–Kier alpha value is -0.670. The Morgan fingerprint density at radius 2 is 1.50 bits per heavy atom. The van der Waals surface area contributed by atoms with Crippen LogP contribution in [0, 0.1) is 6.92 Å². The highest BCUT2D eigenvalue weighted by molar-refractivity contribution is 7.82. The van der Waals surface area contributed by atoms with Crippen molar-refractivity contribution < 1.29 is 4.21 Å². The number of nitrogens with zero attached hydrogens (tertiary/aromatic N) is 1. The lowest BCUT2D eigenvalue weighted by Crippen LogP contribution is -2.15. The fourth-order valence-electron chi connectivity index (χ4n) is 0.866. The molecule has 1 aromatic carbocycles. The summed E-state index contributed by atoms with van der Waals surface area (Å²) in [5.74, 6) is 0. The normalized spacial score (nSPS) is 11.9. The molecule has 0 aromatic heterocycles. The molecule has 0 fully saturated rings.